The van der Waals surface area contributed by atoms with Gasteiger partial charge in [-0.05, 0) is 50.3 Å². The molecular weight excluding hydrogens is 252 g/mol. The molecule has 2 aliphatic heterocycles. The summed E-state index contributed by atoms with van der Waals surface area (Å²) in [5, 5.41) is 3.74. The van der Waals surface area contributed by atoms with Crippen molar-refractivity contribution in [3.05, 3.63) is 18.2 Å². The van der Waals surface area contributed by atoms with E-state index in [-0.39, 0.29) is 0 Å². The topological polar surface area (TPSA) is 33.7 Å². The Morgan fingerprint density at radius 1 is 1.15 bits per heavy atom. The van der Waals surface area contributed by atoms with Gasteiger partial charge in [0, 0.05) is 30.9 Å². The highest BCUT2D eigenvalue weighted by Gasteiger charge is 2.25. The minimum absolute atomic E-state index is 0.352. The van der Waals surface area contributed by atoms with Gasteiger partial charge >= 0.3 is 0 Å². The summed E-state index contributed by atoms with van der Waals surface area (Å²) < 4.78 is 10.9. The van der Waals surface area contributed by atoms with Crippen LogP contribution < -0.4 is 19.7 Å². The van der Waals surface area contributed by atoms with Crippen LogP contribution in [0.1, 0.15) is 25.7 Å². The van der Waals surface area contributed by atoms with E-state index in [0.717, 1.165) is 30.5 Å². The molecule has 2 heterocycles. The fourth-order valence-electron chi connectivity index (χ4n) is 3.12. The second-order valence-electron chi connectivity index (χ2n) is 6.17. The molecule has 0 amide bonds. The van der Waals surface area contributed by atoms with Crippen LogP contribution in [0, 0.1) is 5.92 Å². The lowest BCUT2D eigenvalue weighted by Crippen LogP contribution is -2.46. The number of hydrogen-bond acceptors (Lipinski definition) is 4. The first-order valence-electron chi connectivity index (χ1n) is 7.76. The molecule has 3 aliphatic rings. The number of anilines is 1. The summed E-state index contributed by atoms with van der Waals surface area (Å²) in [4.78, 5) is 2.47. The Morgan fingerprint density at radius 3 is 2.95 bits per heavy atom. The Hall–Kier alpha value is -1.42. The lowest BCUT2D eigenvalue weighted by atomic mass is 10.0. The van der Waals surface area contributed by atoms with E-state index in [9.17, 15) is 0 Å². The number of ether oxygens (including phenoxy) is 2. The van der Waals surface area contributed by atoms with Gasteiger partial charge in [0.15, 0.2) is 11.5 Å². The minimum atomic E-state index is 0.352. The standard InChI is InChI=1S/C16H22N2O2/c1-2-13(17-9-12-3-4-12)10-18(7-1)14-5-6-15-16(8-14)20-11-19-15/h5-6,8,12-13,17H,1-4,7,9-11H2. The van der Waals surface area contributed by atoms with Crippen LogP contribution >= 0.6 is 0 Å². The van der Waals surface area contributed by atoms with Gasteiger partial charge in [-0.25, -0.2) is 0 Å². The van der Waals surface area contributed by atoms with Crippen molar-refractivity contribution in [1.82, 2.24) is 5.32 Å². The summed E-state index contributed by atoms with van der Waals surface area (Å²) in [5.74, 6) is 2.71. The Bertz CT molecular complexity index is 487. The number of benzene rings is 1. The number of nitrogens with zero attached hydrogens (tertiary/aromatic N) is 1. The Labute approximate surface area is 120 Å². The quantitative estimate of drug-likeness (QED) is 0.914. The third-order valence-electron chi connectivity index (χ3n) is 4.53. The van der Waals surface area contributed by atoms with Crippen LogP contribution in [-0.2, 0) is 0 Å². The zero-order valence-corrected chi connectivity index (χ0v) is 11.8. The van der Waals surface area contributed by atoms with E-state index in [1.54, 1.807) is 0 Å². The maximum atomic E-state index is 5.48. The number of rotatable bonds is 4. The van der Waals surface area contributed by atoms with Gasteiger partial charge in [0.2, 0.25) is 6.79 Å². The van der Waals surface area contributed by atoms with Gasteiger partial charge < -0.3 is 19.7 Å². The molecule has 4 heteroatoms. The molecule has 0 bridgehead atoms. The summed E-state index contributed by atoms with van der Waals surface area (Å²) >= 11 is 0. The molecule has 1 aliphatic carbocycles. The maximum absolute atomic E-state index is 5.48. The fourth-order valence-corrected chi connectivity index (χ4v) is 3.12. The van der Waals surface area contributed by atoms with Gasteiger partial charge in [-0.15, -0.1) is 0 Å². The number of hydrogen-bond donors (Lipinski definition) is 1. The first-order valence-corrected chi connectivity index (χ1v) is 7.76. The van der Waals surface area contributed by atoms with E-state index >= 15 is 0 Å². The molecule has 1 N–H and O–H groups in total. The molecule has 1 saturated heterocycles. The second kappa shape index (κ2) is 5.17. The molecule has 1 unspecified atom stereocenters. The van der Waals surface area contributed by atoms with Crippen molar-refractivity contribution in [1.29, 1.82) is 0 Å². The normalized spacial score (nSPS) is 25.0. The van der Waals surface area contributed by atoms with Crippen LogP contribution in [0.2, 0.25) is 0 Å². The molecule has 1 atom stereocenters. The van der Waals surface area contributed by atoms with Crippen molar-refractivity contribution >= 4 is 5.69 Å². The lowest BCUT2D eigenvalue weighted by molar-refractivity contribution is 0.174. The van der Waals surface area contributed by atoms with Crippen LogP contribution in [0.4, 0.5) is 5.69 Å². The summed E-state index contributed by atoms with van der Waals surface area (Å²) in [6.45, 7) is 3.80. The highest BCUT2D eigenvalue weighted by atomic mass is 16.7. The van der Waals surface area contributed by atoms with Crippen LogP contribution in [-0.4, -0.2) is 32.5 Å². The first-order chi connectivity index (χ1) is 9.88. The predicted octanol–water partition coefficient (Wildman–Crippen LogP) is 2.38. The molecule has 4 rings (SSSR count). The average molecular weight is 274 g/mol. The van der Waals surface area contributed by atoms with Crippen molar-refractivity contribution in [2.75, 3.05) is 31.3 Å². The smallest absolute Gasteiger partial charge is 0.231 e. The third-order valence-corrected chi connectivity index (χ3v) is 4.53. The van der Waals surface area contributed by atoms with Gasteiger partial charge in [-0.2, -0.15) is 0 Å². The van der Waals surface area contributed by atoms with E-state index in [1.165, 1.54) is 37.9 Å². The summed E-state index contributed by atoms with van der Waals surface area (Å²) in [7, 11) is 0. The Balaban J connectivity index is 1.41. The Morgan fingerprint density at radius 2 is 2.05 bits per heavy atom. The molecule has 2 fully saturated rings. The largest absolute Gasteiger partial charge is 0.454 e. The van der Waals surface area contributed by atoms with Crippen molar-refractivity contribution in [3.8, 4) is 11.5 Å². The number of fused-ring (bicyclic) bond motifs is 1. The van der Waals surface area contributed by atoms with Crippen LogP contribution in [0.5, 0.6) is 11.5 Å². The molecule has 1 aromatic rings. The summed E-state index contributed by atoms with van der Waals surface area (Å²) in [6.07, 6.45) is 5.40. The highest BCUT2D eigenvalue weighted by Crippen LogP contribution is 2.36. The van der Waals surface area contributed by atoms with Gasteiger partial charge in [0.25, 0.3) is 0 Å². The summed E-state index contributed by atoms with van der Waals surface area (Å²) in [6, 6.07) is 6.93. The monoisotopic (exact) mass is 274 g/mol. The third kappa shape index (κ3) is 2.57. The minimum Gasteiger partial charge on any atom is -0.454 e. The van der Waals surface area contributed by atoms with E-state index in [2.05, 4.69) is 22.3 Å². The van der Waals surface area contributed by atoms with Crippen molar-refractivity contribution in [2.45, 2.75) is 31.7 Å². The van der Waals surface area contributed by atoms with Gasteiger partial charge in [0.1, 0.15) is 0 Å². The van der Waals surface area contributed by atoms with E-state index in [1.807, 2.05) is 6.07 Å². The molecule has 20 heavy (non-hydrogen) atoms. The molecule has 4 nitrogen and oxygen atoms in total. The molecular formula is C16H22N2O2. The lowest BCUT2D eigenvalue weighted by Gasteiger charge is -2.35. The molecule has 0 radical (unpaired) electrons. The van der Waals surface area contributed by atoms with Crippen LogP contribution in [0.25, 0.3) is 0 Å². The zero-order valence-electron chi connectivity index (χ0n) is 11.8. The highest BCUT2D eigenvalue weighted by molar-refractivity contribution is 5.57. The fraction of sp³-hybridized carbons (Fsp3) is 0.625. The van der Waals surface area contributed by atoms with Gasteiger partial charge in [-0.1, -0.05) is 0 Å². The van der Waals surface area contributed by atoms with E-state index in [4.69, 9.17) is 9.47 Å². The SMILES string of the molecule is c1cc2c(cc1N1CCCC(NCC3CC3)C1)OCO2. The van der Waals surface area contributed by atoms with E-state index < -0.39 is 0 Å². The predicted molar refractivity (Wildman–Crippen MR) is 78.5 cm³/mol. The van der Waals surface area contributed by atoms with Gasteiger partial charge in [-0.3, -0.25) is 0 Å². The van der Waals surface area contributed by atoms with Crippen LogP contribution in [0.3, 0.4) is 0 Å². The molecule has 0 aromatic heterocycles. The first kappa shape index (κ1) is 12.3. The molecule has 1 aromatic carbocycles. The number of nitrogens with one attached hydrogen (secondary N) is 1. The van der Waals surface area contributed by atoms with Crippen molar-refractivity contribution < 1.29 is 9.47 Å². The van der Waals surface area contributed by atoms with Gasteiger partial charge in [0.05, 0.1) is 0 Å². The number of piperidine rings is 1. The van der Waals surface area contributed by atoms with Crippen molar-refractivity contribution in [2.24, 2.45) is 5.92 Å². The zero-order chi connectivity index (χ0) is 13.4. The van der Waals surface area contributed by atoms with E-state index in [0.29, 0.717) is 12.8 Å². The second-order valence-corrected chi connectivity index (χ2v) is 6.17. The molecule has 0 spiro atoms. The Kier molecular flexibility index (Phi) is 3.19. The summed E-state index contributed by atoms with van der Waals surface area (Å²) in [5.41, 5.74) is 1.26. The molecule has 1 saturated carbocycles. The van der Waals surface area contributed by atoms with Crippen LogP contribution in [0.15, 0.2) is 18.2 Å². The average Bonchev–Trinajstić information content (AvgIpc) is 3.20. The molecule has 108 valence electrons. The maximum Gasteiger partial charge on any atom is 0.231 e. The van der Waals surface area contributed by atoms with Crippen molar-refractivity contribution in [3.63, 3.8) is 0 Å².